The highest BCUT2D eigenvalue weighted by Crippen LogP contribution is 2.38. The summed E-state index contributed by atoms with van der Waals surface area (Å²) in [6.07, 6.45) is 0. The first-order valence-corrected chi connectivity index (χ1v) is 9.55. The van der Waals surface area contributed by atoms with Crippen LogP contribution in [0.25, 0.3) is 0 Å². The van der Waals surface area contributed by atoms with E-state index >= 15 is 0 Å². The molecule has 0 bridgehead atoms. The van der Waals surface area contributed by atoms with E-state index in [1.807, 2.05) is 67.1 Å². The number of nitrogens with one attached hydrogen (secondary N) is 1. The van der Waals surface area contributed by atoms with E-state index in [4.69, 9.17) is 4.74 Å². The van der Waals surface area contributed by atoms with Gasteiger partial charge < -0.3 is 10.2 Å². The number of Topliss-reactive ketones (excluding diaryl/α,β-unsaturated/α-hetero) is 1. The van der Waals surface area contributed by atoms with E-state index in [9.17, 15) is 4.79 Å². The average Bonchev–Trinajstić information content (AvgIpc) is 3.07. The number of nitrogens with zero attached hydrogens (tertiary/aromatic N) is 3. The van der Waals surface area contributed by atoms with Crippen LogP contribution >= 0.6 is 11.8 Å². The van der Waals surface area contributed by atoms with Crippen LogP contribution in [0, 0.1) is 13.8 Å². The zero-order valence-electron chi connectivity index (χ0n) is 15.3. The van der Waals surface area contributed by atoms with E-state index in [0.717, 1.165) is 22.7 Å². The largest absolute Gasteiger partial charge is 0.497 e. The molecular weight excluding hydrogens is 360 g/mol. The number of benzene rings is 2. The fourth-order valence-corrected chi connectivity index (χ4v) is 4.31. The summed E-state index contributed by atoms with van der Waals surface area (Å²) in [5.41, 5.74) is 6.25. The summed E-state index contributed by atoms with van der Waals surface area (Å²) in [5.74, 6) is 1.61. The molecule has 2 heterocycles. The van der Waals surface area contributed by atoms with Gasteiger partial charge in [0.05, 0.1) is 13.2 Å². The minimum Gasteiger partial charge on any atom is -0.497 e. The van der Waals surface area contributed by atoms with Crippen LogP contribution in [0.2, 0.25) is 0 Å². The maximum absolute atomic E-state index is 13.3. The SMILES string of the molecule is COc1ccc([C@@H]2Nn3c(C)nnc3S[C@H]2C(=O)c2ccc(C)cc2)cc1. The first kappa shape index (κ1) is 17.6. The molecule has 0 radical (unpaired) electrons. The van der Waals surface area contributed by atoms with Crippen molar-refractivity contribution in [3.63, 3.8) is 0 Å². The second kappa shape index (κ2) is 7.08. The number of thioether (sulfide) groups is 1. The predicted octanol–water partition coefficient (Wildman–Crippen LogP) is 3.55. The van der Waals surface area contributed by atoms with Gasteiger partial charge in [0, 0.05) is 5.56 Å². The molecule has 1 aliphatic heterocycles. The number of aromatic nitrogens is 3. The van der Waals surface area contributed by atoms with Crippen molar-refractivity contribution in [2.75, 3.05) is 12.5 Å². The van der Waals surface area contributed by atoms with Crippen molar-refractivity contribution in [2.24, 2.45) is 0 Å². The van der Waals surface area contributed by atoms with Crippen LogP contribution in [0.15, 0.2) is 53.7 Å². The summed E-state index contributed by atoms with van der Waals surface area (Å²) in [6.45, 7) is 3.90. The van der Waals surface area contributed by atoms with E-state index in [2.05, 4.69) is 15.6 Å². The van der Waals surface area contributed by atoms with E-state index in [1.54, 1.807) is 7.11 Å². The van der Waals surface area contributed by atoms with Crippen molar-refractivity contribution in [3.8, 4) is 5.75 Å². The van der Waals surface area contributed by atoms with Gasteiger partial charge in [0.25, 0.3) is 0 Å². The second-order valence-corrected chi connectivity index (χ2v) is 7.62. The number of aryl methyl sites for hydroxylation is 2. The minimum absolute atomic E-state index is 0.0696. The van der Waals surface area contributed by atoms with Crippen LogP contribution in [-0.2, 0) is 0 Å². The van der Waals surface area contributed by atoms with Gasteiger partial charge in [-0.1, -0.05) is 53.7 Å². The van der Waals surface area contributed by atoms with Crippen LogP contribution in [0.4, 0.5) is 0 Å². The molecule has 27 heavy (non-hydrogen) atoms. The predicted molar refractivity (Wildman–Crippen MR) is 105 cm³/mol. The molecule has 7 heteroatoms. The quantitative estimate of drug-likeness (QED) is 0.698. The van der Waals surface area contributed by atoms with Gasteiger partial charge in [-0.15, -0.1) is 10.2 Å². The summed E-state index contributed by atoms with van der Waals surface area (Å²) >= 11 is 1.44. The van der Waals surface area contributed by atoms with Crippen LogP contribution in [0.3, 0.4) is 0 Å². The molecule has 4 rings (SSSR count). The van der Waals surface area contributed by atoms with Gasteiger partial charge in [-0.3, -0.25) is 4.79 Å². The summed E-state index contributed by atoms with van der Waals surface area (Å²) in [4.78, 5) is 13.3. The monoisotopic (exact) mass is 380 g/mol. The van der Waals surface area contributed by atoms with Gasteiger partial charge in [-0.2, -0.15) is 0 Å². The summed E-state index contributed by atoms with van der Waals surface area (Å²) in [5, 5.41) is 8.67. The molecule has 6 nitrogen and oxygen atoms in total. The number of carbonyl (C=O) groups is 1. The number of hydrogen-bond donors (Lipinski definition) is 1. The third-order valence-corrected chi connectivity index (χ3v) is 5.88. The second-order valence-electron chi connectivity index (χ2n) is 6.51. The number of ketones is 1. The lowest BCUT2D eigenvalue weighted by Crippen LogP contribution is -2.39. The molecule has 1 N–H and O–H groups in total. The molecule has 1 aliphatic rings. The summed E-state index contributed by atoms with van der Waals surface area (Å²) < 4.78 is 7.10. The molecule has 1 aromatic heterocycles. The number of ether oxygens (including phenoxy) is 1. The minimum atomic E-state index is -0.350. The van der Waals surface area contributed by atoms with Crippen molar-refractivity contribution >= 4 is 17.5 Å². The van der Waals surface area contributed by atoms with Gasteiger partial charge in [0.2, 0.25) is 5.16 Å². The summed E-state index contributed by atoms with van der Waals surface area (Å²) in [7, 11) is 1.64. The lowest BCUT2D eigenvalue weighted by atomic mass is 9.97. The number of hydrogen-bond acceptors (Lipinski definition) is 6. The molecule has 3 aromatic rings. The highest BCUT2D eigenvalue weighted by Gasteiger charge is 2.37. The Labute approximate surface area is 161 Å². The lowest BCUT2D eigenvalue weighted by molar-refractivity contribution is 0.0980. The third kappa shape index (κ3) is 3.30. The Morgan fingerprint density at radius 1 is 1.07 bits per heavy atom. The van der Waals surface area contributed by atoms with Crippen LogP contribution in [-0.4, -0.2) is 33.0 Å². The van der Waals surface area contributed by atoms with Gasteiger partial charge in [0.1, 0.15) is 16.8 Å². The van der Waals surface area contributed by atoms with Crippen LogP contribution < -0.4 is 10.2 Å². The number of methoxy groups -OCH3 is 1. The molecule has 0 spiro atoms. The van der Waals surface area contributed by atoms with Crippen molar-refractivity contribution < 1.29 is 9.53 Å². The zero-order valence-corrected chi connectivity index (χ0v) is 16.2. The third-order valence-electron chi connectivity index (χ3n) is 4.67. The Bertz CT molecular complexity index is 967. The lowest BCUT2D eigenvalue weighted by Gasteiger charge is -2.32. The van der Waals surface area contributed by atoms with Crippen molar-refractivity contribution in [2.45, 2.75) is 30.3 Å². The maximum Gasteiger partial charge on any atom is 0.210 e. The molecule has 0 amide bonds. The zero-order chi connectivity index (χ0) is 19.0. The fourth-order valence-electron chi connectivity index (χ4n) is 3.10. The highest BCUT2D eigenvalue weighted by atomic mass is 32.2. The Kier molecular flexibility index (Phi) is 4.61. The molecule has 0 fully saturated rings. The Morgan fingerprint density at radius 3 is 2.44 bits per heavy atom. The first-order chi connectivity index (χ1) is 13.1. The van der Waals surface area contributed by atoms with Gasteiger partial charge >= 0.3 is 0 Å². The molecule has 2 aromatic carbocycles. The number of carbonyl (C=O) groups excluding carboxylic acids is 1. The Balaban J connectivity index is 1.73. The first-order valence-electron chi connectivity index (χ1n) is 8.67. The molecular formula is C20H20N4O2S. The van der Waals surface area contributed by atoms with E-state index in [0.29, 0.717) is 10.7 Å². The topological polar surface area (TPSA) is 69.0 Å². The van der Waals surface area contributed by atoms with Crippen LogP contribution in [0.1, 0.15) is 33.4 Å². The van der Waals surface area contributed by atoms with E-state index < -0.39 is 0 Å². The van der Waals surface area contributed by atoms with Crippen molar-refractivity contribution in [3.05, 3.63) is 71.0 Å². The molecule has 2 atom stereocenters. The van der Waals surface area contributed by atoms with E-state index in [1.165, 1.54) is 11.8 Å². The molecule has 0 saturated carbocycles. The van der Waals surface area contributed by atoms with Gasteiger partial charge in [-0.05, 0) is 31.5 Å². The normalized spacial score (nSPS) is 18.5. The van der Waals surface area contributed by atoms with Crippen LogP contribution in [0.5, 0.6) is 5.75 Å². The van der Waals surface area contributed by atoms with Crippen molar-refractivity contribution in [1.29, 1.82) is 0 Å². The fraction of sp³-hybridized carbons (Fsp3) is 0.250. The average molecular weight is 380 g/mol. The Morgan fingerprint density at radius 2 is 1.78 bits per heavy atom. The molecule has 138 valence electrons. The molecule has 0 aliphatic carbocycles. The van der Waals surface area contributed by atoms with Crippen molar-refractivity contribution in [1.82, 2.24) is 14.9 Å². The summed E-state index contributed by atoms with van der Waals surface area (Å²) in [6, 6.07) is 15.3. The molecule has 0 unspecified atom stereocenters. The van der Waals surface area contributed by atoms with Gasteiger partial charge in [-0.25, -0.2) is 4.68 Å². The smallest absolute Gasteiger partial charge is 0.210 e. The van der Waals surface area contributed by atoms with Gasteiger partial charge in [0.15, 0.2) is 5.78 Å². The maximum atomic E-state index is 13.3. The molecule has 0 saturated heterocycles. The standard InChI is InChI=1S/C20H20N4O2S/c1-12-4-6-15(7-5-12)18(25)19-17(14-8-10-16(26-3)11-9-14)23-24-13(2)21-22-20(24)27-19/h4-11,17,19,23H,1-3H3/t17-,19+/m0/s1. The Hall–Kier alpha value is -2.80. The highest BCUT2D eigenvalue weighted by molar-refractivity contribution is 8.00. The van der Waals surface area contributed by atoms with E-state index in [-0.39, 0.29) is 17.1 Å². The number of fused-ring (bicyclic) bond motifs is 1. The number of rotatable bonds is 4.